The predicted molar refractivity (Wildman–Crippen MR) is 96.2 cm³/mol. The summed E-state index contributed by atoms with van der Waals surface area (Å²) in [6.45, 7) is 4.55. The number of benzene rings is 1. The van der Waals surface area contributed by atoms with Crippen molar-refractivity contribution in [1.29, 1.82) is 0 Å². The third-order valence-electron chi connectivity index (χ3n) is 3.43. The highest BCUT2D eigenvalue weighted by atomic mass is 16.5. The van der Waals surface area contributed by atoms with Crippen molar-refractivity contribution in [3.05, 3.63) is 47.4 Å². The van der Waals surface area contributed by atoms with Gasteiger partial charge in [0, 0.05) is 37.6 Å². The fourth-order valence-corrected chi connectivity index (χ4v) is 2.22. The Labute approximate surface area is 146 Å². The Balaban J connectivity index is 2.09. The number of anilines is 2. The number of aryl methyl sites for hydroxylation is 1. The number of methoxy groups -OCH3 is 1. The molecule has 7 heteroatoms. The number of ketones is 1. The monoisotopic (exact) mass is 342 g/mol. The number of aromatic nitrogens is 2. The molecule has 0 atom stereocenters. The van der Waals surface area contributed by atoms with Crippen molar-refractivity contribution in [1.82, 2.24) is 9.97 Å². The second-order valence-corrected chi connectivity index (χ2v) is 5.55. The zero-order chi connectivity index (χ0) is 18.2. The van der Waals surface area contributed by atoms with E-state index in [-0.39, 0.29) is 17.4 Å². The molecule has 1 heterocycles. The third-order valence-corrected chi connectivity index (χ3v) is 3.43. The summed E-state index contributed by atoms with van der Waals surface area (Å²) in [5, 5.41) is 5.90. The molecule has 0 bridgehead atoms. The maximum Gasteiger partial charge on any atom is 0.274 e. The van der Waals surface area contributed by atoms with Gasteiger partial charge in [-0.2, -0.15) is 0 Å². The van der Waals surface area contributed by atoms with Gasteiger partial charge in [-0.1, -0.05) is 12.1 Å². The average molecular weight is 342 g/mol. The molecule has 25 heavy (non-hydrogen) atoms. The summed E-state index contributed by atoms with van der Waals surface area (Å²) in [5.74, 6) is 0.674. The molecule has 1 aromatic heterocycles. The van der Waals surface area contributed by atoms with Gasteiger partial charge < -0.3 is 15.4 Å². The molecule has 132 valence electrons. The highest BCUT2D eigenvalue weighted by molar-refractivity contribution is 6.04. The SMILES string of the molecule is COCCCNc1cc(C(=O)Nc2cccc(C(C)=O)c2)nc(C)n1. The molecule has 0 saturated heterocycles. The third kappa shape index (κ3) is 5.65. The number of ether oxygens (including phenoxy) is 1. The lowest BCUT2D eigenvalue weighted by molar-refractivity contribution is 0.100. The first kappa shape index (κ1) is 18.5. The van der Waals surface area contributed by atoms with E-state index in [1.807, 2.05) is 0 Å². The van der Waals surface area contributed by atoms with Crippen LogP contribution in [0.25, 0.3) is 0 Å². The standard InChI is InChI=1S/C18H22N4O3/c1-12(23)14-6-4-7-15(10-14)22-18(24)16-11-17(21-13(2)20-16)19-8-5-9-25-3/h4,6-7,10-11H,5,8-9H2,1-3H3,(H,22,24)(H,19,20,21). The van der Waals surface area contributed by atoms with Gasteiger partial charge in [0.1, 0.15) is 17.3 Å². The second-order valence-electron chi connectivity index (χ2n) is 5.55. The summed E-state index contributed by atoms with van der Waals surface area (Å²) in [6, 6.07) is 8.39. The van der Waals surface area contributed by atoms with Crippen molar-refractivity contribution in [2.24, 2.45) is 0 Å². The van der Waals surface area contributed by atoms with E-state index in [0.29, 0.717) is 36.0 Å². The number of hydrogen-bond acceptors (Lipinski definition) is 6. The molecule has 0 spiro atoms. The van der Waals surface area contributed by atoms with Crippen LogP contribution in [0.3, 0.4) is 0 Å². The van der Waals surface area contributed by atoms with E-state index in [9.17, 15) is 9.59 Å². The fourth-order valence-electron chi connectivity index (χ4n) is 2.22. The largest absolute Gasteiger partial charge is 0.385 e. The van der Waals surface area contributed by atoms with Gasteiger partial charge >= 0.3 is 0 Å². The van der Waals surface area contributed by atoms with Crippen molar-refractivity contribution in [3.8, 4) is 0 Å². The van der Waals surface area contributed by atoms with E-state index in [1.54, 1.807) is 44.4 Å². The zero-order valence-corrected chi connectivity index (χ0v) is 14.6. The molecular formula is C18H22N4O3. The molecule has 0 aliphatic carbocycles. The lowest BCUT2D eigenvalue weighted by atomic mass is 10.1. The Morgan fingerprint density at radius 2 is 2.00 bits per heavy atom. The van der Waals surface area contributed by atoms with Crippen LogP contribution < -0.4 is 10.6 Å². The first-order valence-corrected chi connectivity index (χ1v) is 8.00. The Morgan fingerprint density at radius 1 is 1.20 bits per heavy atom. The van der Waals surface area contributed by atoms with E-state index in [0.717, 1.165) is 6.42 Å². The molecule has 2 rings (SSSR count). The molecule has 2 N–H and O–H groups in total. The highest BCUT2D eigenvalue weighted by Crippen LogP contribution is 2.14. The summed E-state index contributed by atoms with van der Waals surface area (Å²) < 4.78 is 5.00. The molecule has 0 aliphatic heterocycles. The molecule has 0 aliphatic rings. The van der Waals surface area contributed by atoms with Gasteiger partial charge in [-0.15, -0.1) is 0 Å². The van der Waals surface area contributed by atoms with Crippen LogP contribution in [0.1, 0.15) is 40.0 Å². The Kier molecular flexibility index (Phi) is 6.59. The van der Waals surface area contributed by atoms with Crippen molar-refractivity contribution in [2.75, 3.05) is 30.9 Å². The van der Waals surface area contributed by atoms with Crippen LogP contribution >= 0.6 is 0 Å². The Morgan fingerprint density at radius 3 is 2.72 bits per heavy atom. The van der Waals surface area contributed by atoms with Crippen LogP contribution in [0.4, 0.5) is 11.5 Å². The van der Waals surface area contributed by atoms with Crippen LogP contribution in [0, 0.1) is 6.92 Å². The highest BCUT2D eigenvalue weighted by Gasteiger charge is 2.11. The molecule has 7 nitrogen and oxygen atoms in total. The van der Waals surface area contributed by atoms with Gasteiger partial charge in [-0.05, 0) is 32.4 Å². The molecule has 0 fully saturated rings. The van der Waals surface area contributed by atoms with Crippen LogP contribution in [0.2, 0.25) is 0 Å². The van der Waals surface area contributed by atoms with Crippen molar-refractivity contribution in [3.63, 3.8) is 0 Å². The van der Waals surface area contributed by atoms with E-state index in [4.69, 9.17) is 4.74 Å². The minimum atomic E-state index is -0.355. The fraction of sp³-hybridized carbons (Fsp3) is 0.333. The zero-order valence-electron chi connectivity index (χ0n) is 14.6. The minimum Gasteiger partial charge on any atom is -0.385 e. The smallest absolute Gasteiger partial charge is 0.274 e. The molecule has 1 amide bonds. The summed E-state index contributed by atoms with van der Waals surface area (Å²) in [7, 11) is 1.65. The van der Waals surface area contributed by atoms with Gasteiger partial charge in [-0.25, -0.2) is 9.97 Å². The van der Waals surface area contributed by atoms with Crippen LogP contribution in [-0.2, 0) is 4.74 Å². The van der Waals surface area contributed by atoms with E-state index < -0.39 is 0 Å². The minimum absolute atomic E-state index is 0.0588. The predicted octanol–water partition coefficient (Wildman–Crippen LogP) is 2.69. The van der Waals surface area contributed by atoms with Crippen LogP contribution in [-0.4, -0.2) is 41.9 Å². The number of nitrogens with zero attached hydrogens (tertiary/aromatic N) is 2. The maximum atomic E-state index is 12.4. The summed E-state index contributed by atoms with van der Waals surface area (Å²) in [6.07, 6.45) is 0.832. The molecule has 1 aromatic carbocycles. The number of nitrogens with one attached hydrogen (secondary N) is 2. The van der Waals surface area contributed by atoms with Crippen LogP contribution in [0.5, 0.6) is 0 Å². The Bertz CT molecular complexity index is 762. The van der Waals surface area contributed by atoms with Gasteiger partial charge in [0.15, 0.2) is 5.78 Å². The summed E-state index contributed by atoms with van der Waals surface area (Å²) in [5.41, 5.74) is 1.34. The van der Waals surface area contributed by atoms with E-state index in [1.165, 1.54) is 6.92 Å². The molecule has 0 saturated carbocycles. The average Bonchev–Trinajstić information content (AvgIpc) is 2.58. The molecule has 0 radical (unpaired) electrons. The Hall–Kier alpha value is -2.80. The first-order valence-electron chi connectivity index (χ1n) is 8.00. The summed E-state index contributed by atoms with van der Waals surface area (Å²) >= 11 is 0. The van der Waals surface area contributed by atoms with Crippen LogP contribution in [0.15, 0.2) is 30.3 Å². The molecular weight excluding hydrogens is 320 g/mol. The summed E-state index contributed by atoms with van der Waals surface area (Å²) in [4.78, 5) is 32.3. The van der Waals surface area contributed by atoms with Gasteiger partial charge in [0.2, 0.25) is 0 Å². The maximum absolute atomic E-state index is 12.4. The second kappa shape index (κ2) is 8.89. The van der Waals surface area contributed by atoms with Crippen molar-refractivity contribution in [2.45, 2.75) is 20.3 Å². The number of hydrogen-bond donors (Lipinski definition) is 2. The topological polar surface area (TPSA) is 93.2 Å². The quantitative estimate of drug-likeness (QED) is 0.566. The van der Waals surface area contributed by atoms with Crippen molar-refractivity contribution >= 4 is 23.2 Å². The molecule has 0 unspecified atom stereocenters. The van der Waals surface area contributed by atoms with Gasteiger partial charge in [-0.3, -0.25) is 9.59 Å². The molecule has 2 aromatic rings. The van der Waals surface area contributed by atoms with Crippen molar-refractivity contribution < 1.29 is 14.3 Å². The lowest BCUT2D eigenvalue weighted by Gasteiger charge is -2.09. The lowest BCUT2D eigenvalue weighted by Crippen LogP contribution is -2.16. The first-order chi connectivity index (χ1) is 12.0. The number of carbonyl (C=O) groups excluding carboxylic acids is 2. The number of Topliss-reactive ketones (excluding diaryl/α,β-unsaturated/α-hetero) is 1. The normalized spacial score (nSPS) is 10.4. The van der Waals surface area contributed by atoms with Gasteiger partial charge in [0.25, 0.3) is 5.91 Å². The van der Waals surface area contributed by atoms with E-state index in [2.05, 4.69) is 20.6 Å². The number of amides is 1. The van der Waals surface area contributed by atoms with E-state index >= 15 is 0 Å². The number of rotatable bonds is 8. The number of carbonyl (C=O) groups is 2. The van der Waals surface area contributed by atoms with Gasteiger partial charge in [0.05, 0.1) is 0 Å².